The zero-order chi connectivity index (χ0) is 20.3. The van der Waals surface area contributed by atoms with Crippen molar-refractivity contribution >= 4 is 33.6 Å². The summed E-state index contributed by atoms with van der Waals surface area (Å²) in [5, 5.41) is 4.09. The summed E-state index contributed by atoms with van der Waals surface area (Å²) in [7, 11) is 2.96. The maximum atomic E-state index is 12.5. The topological polar surface area (TPSA) is 112 Å². The lowest BCUT2D eigenvalue weighted by Crippen LogP contribution is -2.26. The quantitative estimate of drug-likeness (QED) is 0.401. The van der Waals surface area contributed by atoms with Crippen LogP contribution in [0.4, 0.5) is 4.79 Å². The fourth-order valence-corrected chi connectivity index (χ4v) is 3.26. The Labute approximate surface area is 169 Å². The maximum absolute atomic E-state index is 12.5. The molecule has 28 heavy (non-hydrogen) atoms. The lowest BCUT2D eigenvalue weighted by molar-refractivity contribution is 0.0398. The molecule has 0 saturated carbocycles. The number of nitrogens with zero attached hydrogens (tertiary/aromatic N) is 1. The number of cyclic esters (lactones) is 1. The van der Waals surface area contributed by atoms with Crippen molar-refractivity contribution in [2.45, 2.75) is 12.5 Å². The van der Waals surface area contributed by atoms with Gasteiger partial charge in [-0.15, -0.1) is 0 Å². The van der Waals surface area contributed by atoms with Gasteiger partial charge in [-0.3, -0.25) is 0 Å². The fourth-order valence-electron chi connectivity index (χ4n) is 2.99. The number of urea groups is 1. The van der Waals surface area contributed by atoms with Gasteiger partial charge in [0.25, 0.3) is 0 Å². The molecule has 0 saturated heterocycles. The highest BCUT2D eigenvalue weighted by Crippen LogP contribution is 2.43. The van der Waals surface area contributed by atoms with Gasteiger partial charge in [0.1, 0.15) is 11.7 Å². The second kappa shape index (κ2) is 8.30. The first-order valence-corrected chi connectivity index (χ1v) is 9.07. The lowest BCUT2D eigenvalue weighted by Gasteiger charge is -2.14. The number of halogens is 1. The van der Waals surface area contributed by atoms with Crippen molar-refractivity contribution in [3.63, 3.8) is 0 Å². The summed E-state index contributed by atoms with van der Waals surface area (Å²) in [6.45, 7) is 0. The first-order chi connectivity index (χ1) is 13.4. The number of hydrogen-bond donors (Lipinski definition) is 2. The second-order valence-electron chi connectivity index (χ2n) is 5.90. The molecule has 8 nitrogen and oxygen atoms in total. The van der Waals surface area contributed by atoms with Crippen LogP contribution < -0.4 is 20.6 Å². The van der Waals surface area contributed by atoms with Gasteiger partial charge in [-0.05, 0) is 23.8 Å². The van der Waals surface area contributed by atoms with E-state index in [2.05, 4.69) is 26.5 Å². The Bertz CT molecular complexity index is 943. The van der Waals surface area contributed by atoms with Crippen LogP contribution in [0.25, 0.3) is 0 Å². The molecule has 9 heteroatoms. The van der Waals surface area contributed by atoms with Crippen LogP contribution in [0.15, 0.2) is 46.0 Å². The van der Waals surface area contributed by atoms with Crippen molar-refractivity contribution in [2.75, 3.05) is 14.2 Å². The number of ether oxygens (including phenoxy) is 3. The van der Waals surface area contributed by atoms with Crippen molar-refractivity contribution in [2.24, 2.45) is 10.8 Å². The highest BCUT2D eigenvalue weighted by atomic mass is 79.9. The maximum Gasteiger partial charge on any atom is 0.343 e. The number of fused-ring (bicyclic) bond motifs is 1. The van der Waals surface area contributed by atoms with Gasteiger partial charge in [0.15, 0.2) is 11.5 Å². The highest BCUT2D eigenvalue weighted by molar-refractivity contribution is 9.10. The zero-order valence-corrected chi connectivity index (χ0v) is 16.8. The van der Waals surface area contributed by atoms with Crippen LogP contribution in [-0.4, -0.2) is 31.9 Å². The van der Waals surface area contributed by atoms with Crippen LogP contribution in [-0.2, 0) is 4.74 Å². The summed E-state index contributed by atoms with van der Waals surface area (Å²) in [5.41, 5.74) is 9.62. The van der Waals surface area contributed by atoms with E-state index in [4.69, 9.17) is 19.9 Å². The van der Waals surface area contributed by atoms with E-state index >= 15 is 0 Å². The number of nitrogens with one attached hydrogen (secondary N) is 1. The third-order valence-corrected chi connectivity index (χ3v) is 4.76. The summed E-state index contributed by atoms with van der Waals surface area (Å²) in [5.74, 6) is 0.259. The average molecular weight is 448 g/mol. The van der Waals surface area contributed by atoms with Crippen molar-refractivity contribution in [1.82, 2.24) is 5.43 Å². The number of amides is 2. The van der Waals surface area contributed by atoms with Crippen LogP contribution in [0.5, 0.6) is 11.5 Å². The van der Waals surface area contributed by atoms with Gasteiger partial charge < -0.3 is 19.9 Å². The minimum Gasteiger partial charge on any atom is -0.493 e. The summed E-state index contributed by atoms with van der Waals surface area (Å²) in [6.07, 6.45) is -0.366. The molecule has 0 aromatic heterocycles. The van der Waals surface area contributed by atoms with Crippen LogP contribution in [0.3, 0.4) is 0 Å². The molecule has 2 amide bonds. The second-order valence-corrected chi connectivity index (χ2v) is 6.82. The monoisotopic (exact) mass is 447 g/mol. The van der Waals surface area contributed by atoms with Crippen LogP contribution in [0, 0.1) is 0 Å². The van der Waals surface area contributed by atoms with Gasteiger partial charge in [-0.2, -0.15) is 5.10 Å². The molecular formula is C19H18BrN3O5. The van der Waals surface area contributed by atoms with Crippen LogP contribution >= 0.6 is 15.9 Å². The van der Waals surface area contributed by atoms with E-state index in [0.29, 0.717) is 28.3 Å². The number of rotatable bonds is 6. The zero-order valence-electron chi connectivity index (χ0n) is 15.2. The SMILES string of the molecule is COc1ccc2c(c1OC)C(=O)OC2CC(=NNC(N)=O)c1ccc(Br)cc1. The van der Waals surface area contributed by atoms with Crippen molar-refractivity contribution < 1.29 is 23.8 Å². The number of esters is 1. The van der Waals surface area contributed by atoms with Gasteiger partial charge in [0.2, 0.25) is 0 Å². The van der Waals surface area contributed by atoms with Crippen LogP contribution in [0.2, 0.25) is 0 Å². The minimum absolute atomic E-state index is 0.232. The number of carbonyl (C=O) groups excluding carboxylic acids is 2. The van der Waals surface area contributed by atoms with E-state index in [0.717, 1.165) is 10.0 Å². The third-order valence-electron chi connectivity index (χ3n) is 4.24. The molecule has 3 rings (SSSR count). The Kier molecular flexibility index (Phi) is 5.84. The molecule has 1 atom stereocenters. The number of carbonyl (C=O) groups is 2. The molecule has 2 aromatic rings. The number of primary amides is 1. The van der Waals surface area contributed by atoms with Gasteiger partial charge in [0, 0.05) is 16.5 Å². The molecule has 1 unspecified atom stereocenters. The Morgan fingerprint density at radius 2 is 1.93 bits per heavy atom. The molecule has 1 aliphatic rings. The first kappa shape index (κ1) is 19.7. The Balaban J connectivity index is 1.97. The molecule has 1 heterocycles. The van der Waals surface area contributed by atoms with E-state index in [1.165, 1.54) is 14.2 Å². The fraction of sp³-hybridized carbons (Fsp3) is 0.211. The van der Waals surface area contributed by atoms with Gasteiger partial charge >= 0.3 is 12.0 Å². The Hall–Kier alpha value is -3.07. The molecule has 0 spiro atoms. The summed E-state index contributed by atoms with van der Waals surface area (Å²) in [6, 6.07) is 10.0. The smallest absolute Gasteiger partial charge is 0.343 e. The number of hydrogen-bond acceptors (Lipinski definition) is 6. The standard InChI is InChI=1S/C19H18BrN3O5/c1-26-14-8-7-12-15(28-18(24)16(12)17(14)27-2)9-13(22-23-19(21)25)10-3-5-11(20)6-4-10/h3-8,15H,9H2,1-2H3,(H3,21,23,25). The predicted octanol–water partition coefficient (Wildman–Crippen LogP) is 3.14. The van der Waals surface area contributed by atoms with Crippen molar-refractivity contribution in [3.05, 3.63) is 57.6 Å². The largest absolute Gasteiger partial charge is 0.493 e. The van der Waals surface area contributed by atoms with E-state index in [1.807, 2.05) is 24.3 Å². The van der Waals surface area contributed by atoms with Crippen LogP contribution in [0.1, 0.15) is 34.0 Å². The first-order valence-electron chi connectivity index (χ1n) is 8.28. The highest BCUT2D eigenvalue weighted by Gasteiger charge is 2.36. The Morgan fingerprint density at radius 3 is 2.54 bits per heavy atom. The predicted molar refractivity (Wildman–Crippen MR) is 106 cm³/mol. The molecule has 3 N–H and O–H groups in total. The molecule has 0 radical (unpaired) electrons. The third kappa shape index (κ3) is 3.94. The molecular weight excluding hydrogens is 430 g/mol. The van der Waals surface area contributed by atoms with Crippen molar-refractivity contribution in [1.29, 1.82) is 0 Å². The summed E-state index contributed by atoms with van der Waals surface area (Å²) in [4.78, 5) is 23.6. The number of nitrogens with two attached hydrogens (primary N) is 1. The molecule has 1 aliphatic heterocycles. The average Bonchev–Trinajstić information content (AvgIpc) is 3.00. The van der Waals surface area contributed by atoms with E-state index < -0.39 is 18.1 Å². The normalized spacial score (nSPS) is 15.6. The van der Waals surface area contributed by atoms with Gasteiger partial charge in [-0.25, -0.2) is 15.0 Å². The molecule has 0 aliphatic carbocycles. The van der Waals surface area contributed by atoms with Gasteiger partial charge in [-0.1, -0.05) is 34.1 Å². The van der Waals surface area contributed by atoms with E-state index in [1.54, 1.807) is 12.1 Å². The minimum atomic E-state index is -0.787. The van der Waals surface area contributed by atoms with Gasteiger partial charge in [0.05, 0.1) is 19.9 Å². The number of benzene rings is 2. The molecule has 0 bridgehead atoms. The van der Waals surface area contributed by atoms with E-state index in [-0.39, 0.29) is 6.42 Å². The molecule has 2 aromatic carbocycles. The lowest BCUT2D eigenvalue weighted by atomic mass is 9.97. The number of hydrazone groups is 1. The molecule has 146 valence electrons. The number of methoxy groups -OCH3 is 2. The van der Waals surface area contributed by atoms with E-state index in [9.17, 15) is 9.59 Å². The molecule has 0 fully saturated rings. The summed E-state index contributed by atoms with van der Waals surface area (Å²) >= 11 is 3.38. The van der Waals surface area contributed by atoms with Crippen molar-refractivity contribution in [3.8, 4) is 11.5 Å². The Morgan fingerprint density at radius 1 is 1.21 bits per heavy atom. The summed E-state index contributed by atoms with van der Waals surface area (Å²) < 4.78 is 17.0.